The molecule has 1 amide bonds. The van der Waals surface area contributed by atoms with Gasteiger partial charge in [0.25, 0.3) is 5.69 Å². The second-order valence-corrected chi connectivity index (χ2v) is 13.1. The molecule has 0 bridgehead atoms. The van der Waals surface area contributed by atoms with Gasteiger partial charge in [-0.15, -0.1) is 0 Å². The molecule has 290 valence electrons. The predicted molar refractivity (Wildman–Crippen MR) is 177 cm³/mol. The van der Waals surface area contributed by atoms with Crippen LogP contribution >= 0.6 is 0 Å². The number of aromatic hydroxyl groups is 2. The van der Waals surface area contributed by atoms with Gasteiger partial charge in [-0.2, -0.15) is 13.2 Å². The minimum Gasteiger partial charge on any atom is -0.507 e. The minimum atomic E-state index is -5.43. The first-order chi connectivity index (χ1) is 26.9. The zero-order chi connectivity index (χ0) is 42.8. The van der Waals surface area contributed by atoms with Gasteiger partial charge in [0, 0.05) is 48.1 Å². The van der Waals surface area contributed by atoms with Crippen LogP contribution < -0.4 is 10.1 Å². The fraction of sp³-hybridized carbons (Fsp3) is 0.361. The van der Waals surface area contributed by atoms with E-state index in [4.69, 9.17) is 23.1 Å². The number of phenols is 2. The molecule has 1 fully saturated rings. The molecular weight excluding hydrogens is 742 g/mol. The van der Waals surface area contributed by atoms with Gasteiger partial charge in [-0.25, -0.2) is 4.79 Å². The molecule has 0 radical (unpaired) electrons. The summed E-state index contributed by atoms with van der Waals surface area (Å²) in [6, 6.07) is 5.72. The van der Waals surface area contributed by atoms with Gasteiger partial charge < -0.3 is 39.6 Å². The molecule has 4 N–H and O–H groups in total. The number of nitro benzene ring substituents is 1. The van der Waals surface area contributed by atoms with E-state index in [9.17, 15) is 62.6 Å². The summed E-state index contributed by atoms with van der Waals surface area (Å²) < 4.78 is 85.2. The maximum atomic E-state index is 14.0. The van der Waals surface area contributed by atoms with E-state index < -0.39 is 154 Å². The highest BCUT2D eigenvalue weighted by atomic mass is 19.4. The molecule has 6 atom stereocenters. The average molecular weight is 777 g/mol. The number of amides is 1. The zero-order valence-corrected chi connectivity index (χ0v) is 28.5. The first kappa shape index (κ1) is 34.8. The van der Waals surface area contributed by atoms with E-state index in [2.05, 4.69) is 0 Å². The molecule has 16 nitrogen and oxygen atoms in total. The minimum absolute atomic E-state index is 0.245. The van der Waals surface area contributed by atoms with E-state index in [0.717, 1.165) is 43.3 Å². The Balaban J connectivity index is 1.38. The molecule has 19 heteroatoms. The number of alkyl halides is 3. The van der Waals surface area contributed by atoms with Crippen molar-refractivity contribution in [1.29, 1.82) is 0 Å². The van der Waals surface area contributed by atoms with Gasteiger partial charge in [-0.05, 0) is 32.0 Å². The van der Waals surface area contributed by atoms with Crippen LogP contribution in [0.15, 0.2) is 42.5 Å². The molecule has 55 heavy (non-hydrogen) atoms. The summed E-state index contributed by atoms with van der Waals surface area (Å²) in [5.74, 6) is -9.22. The van der Waals surface area contributed by atoms with Gasteiger partial charge in [-0.3, -0.25) is 29.3 Å². The fourth-order valence-electron chi connectivity index (χ4n) is 7.01. The number of non-ortho nitro benzene ring substituents is 1. The van der Waals surface area contributed by atoms with Crippen molar-refractivity contribution in [3.63, 3.8) is 0 Å². The number of methoxy groups -OCH3 is 1. The summed E-state index contributed by atoms with van der Waals surface area (Å²) >= 11 is 0. The average Bonchev–Trinajstić information content (AvgIpc) is 3.12. The van der Waals surface area contributed by atoms with Gasteiger partial charge in [0.1, 0.15) is 29.0 Å². The van der Waals surface area contributed by atoms with Crippen LogP contribution in [0.1, 0.15) is 90.2 Å². The van der Waals surface area contributed by atoms with E-state index in [1.807, 2.05) is 0 Å². The monoisotopic (exact) mass is 776 g/mol. The van der Waals surface area contributed by atoms with Gasteiger partial charge in [0.2, 0.25) is 5.78 Å². The van der Waals surface area contributed by atoms with Crippen molar-refractivity contribution in [2.24, 2.45) is 0 Å². The van der Waals surface area contributed by atoms with Crippen LogP contribution in [0, 0.1) is 10.1 Å². The first-order valence-electron chi connectivity index (χ1n) is 17.8. The molecule has 4 unspecified atom stereocenters. The Morgan fingerprint density at radius 3 is 2.35 bits per heavy atom. The van der Waals surface area contributed by atoms with Crippen LogP contribution in [0.2, 0.25) is 0 Å². The third-order valence-electron chi connectivity index (χ3n) is 9.74. The number of carbonyl (C=O) groups is 5. The van der Waals surface area contributed by atoms with Crippen LogP contribution in [0.5, 0.6) is 17.2 Å². The van der Waals surface area contributed by atoms with E-state index in [-0.39, 0.29) is 11.3 Å². The molecule has 1 aliphatic heterocycles. The number of aliphatic hydroxyl groups is 1. The Morgan fingerprint density at radius 1 is 1.05 bits per heavy atom. The second-order valence-electron chi connectivity index (χ2n) is 13.1. The largest absolute Gasteiger partial charge is 0.507 e. The van der Waals surface area contributed by atoms with Gasteiger partial charge in [0.15, 0.2) is 17.9 Å². The molecule has 3 aromatic carbocycles. The van der Waals surface area contributed by atoms with E-state index in [0.29, 0.717) is 0 Å². The van der Waals surface area contributed by atoms with Crippen LogP contribution in [0.3, 0.4) is 0 Å². The summed E-state index contributed by atoms with van der Waals surface area (Å²) in [6.07, 6.45) is -14.1. The van der Waals surface area contributed by atoms with Crippen LogP contribution in [0.4, 0.5) is 18.9 Å². The van der Waals surface area contributed by atoms with Crippen molar-refractivity contribution < 1.29 is 80.4 Å². The number of esters is 1. The number of ketones is 3. The van der Waals surface area contributed by atoms with E-state index in [1.165, 1.54) is 13.0 Å². The lowest BCUT2D eigenvalue weighted by Crippen LogP contribution is -2.59. The zero-order valence-electron chi connectivity index (χ0n) is 31.5. The predicted octanol–water partition coefficient (Wildman–Crippen LogP) is 3.52. The lowest BCUT2D eigenvalue weighted by molar-refractivity contribution is -0.384. The van der Waals surface area contributed by atoms with Crippen LogP contribution in [-0.4, -0.2) is 92.8 Å². The molecule has 1 heterocycles. The van der Waals surface area contributed by atoms with Crippen LogP contribution in [0.25, 0.3) is 0 Å². The quantitative estimate of drug-likeness (QED) is 0.0659. The number of nitrogens with zero attached hydrogens (tertiary/aromatic N) is 1. The van der Waals surface area contributed by atoms with Crippen molar-refractivity contribution >= 4 is 34.9 Å². The SMILES string of the molecule is [2H][13C]([2H])([2H])Oc1cccc2c1C(=O)c1c(O)c3c(c(O)c1C2=O)C[C@](O)(C(C)=O)C[C@H]3OC1CC(NC(=O)C(F)(F)F)C(OC(=O)c2ccc([N+](=O)[O-])cc2)C(C)O1. The lowest BCUT2D eigenvalue weighted by Gasteiger charge is -2.43. The Labute approximate surface area is 312 Å². The number of ether oxygens (including phenoxy) is 4. The first-order valence-corrected chi connectivity index (χ1v) is 16.3. The number of hydrogen-bond donors (Lipinski definition) is 4. The number of benzene rings is 3. The molecule has 0 aromatic heterocycles. The molecule has 0 saturated carbocycles. The standard InChI is InChI=1S/C36H31F3N2O14/c1-14-32(55-33(47)16-7-9-17(10-8-16)41(50)51)20(40-34(48)36(37,38)39)11-23(53-14)54-22-13-35(49,15(2)42)12-19-25(22)31(46)27-26(29(19)44)28(43)18-5-4-6-21(52-3)24(18)30(27)45/h4-10,14,20,22-23,32,44,46,49H,11-13H2,1-3H3,(H,40,48)/t14?,20?,22-,23?,32?,35-/m1/s1/i3+1D3. The Hall–Kier alpha value is -5.92. The number of nitro groups is 1. The highest BCUT2D eigenvalue weighted by Gasteiger charge is 2.51. The third kappa shape index (κ3) is 6.85. The second kappa shape index (κ2) is 14.1. The molecule has 1 saturated heterocycles. The smallest absolute Gasteiger partial charge is 0.471 e. The van der Waals surface area contributed by atoms with Gasteiger partial charge >= 0.3 is 18.1 Å². The topological polar surface area (TPSA) is 238 Å². The van der Waals surface area contributed by atoms with Crippen molar-refractivity contribution in [3.05, 3.63) is 91.5 Å². The molecule has 0 spiro atoms. The highest BCUT2D eigenvalue weighted by Crippen LogP contribution is 2.52. The summed E-state index contributed by atoms with van der Waals surface area (Å²) in [5, 5.41) is 47.6. The summed E-state index contributed by atoms with van der Waals surface area (Å²) in [4.78, 5) is 76.2. The number of nitrogens with one attached hydrogen (secondary N) is 1. The van der Waals surface area contributed by atoms with Crippen molar-refractivity contribution in [2.75, 3.05) is 7.04 Å². The fourth-order valence-corrected chi connectivity index (χ4v) is 7.01. The van der Waals surface area contributed by atoms with Crippen LogP contribution in [-0.2, 0) is 30.2 Å². The highest BCUT2D eigenvalue weighted by molar-refractivity contribution is 6.31. The Kier molecular flexibility index (Phi) is 8.90. The van der Waals surface area contributed by atoms with Crippen molar-refractivity contribution in [1.82, 2.24) is 5.32 Å². The number of carbonyl (C=O) groups excluding carboxylic acids is 5. The summed E-state index contributed by atoms with van der Waals surface area (Å²) in [6.45, 7) is 2.22. The van der Waals surface area contributed by atoms with Gasteiger partial charge in [0.05, 0.1) is 56.6 Å². The van der Waals surface area contributed by atoms with Crippen molar-refractivity contribution in [3.8, 4) is 17.2 Å². The number of rotatable bonds is 8. The Bertz CT molecular complexity index is 2270. The van der Waals surface area contributed by atoms with Crippen molar-refractivity contribution in [2.45, 2.75) is 75.5 Å². The number of Topliss-reactive ketones (excluding diaryl/α,β-unsaturated/α-hetero) is 1. The number of hydrogen-bond acceptors (Lipinski definition) is 14. The lowest BCUT2D eigenvalue weighted by atomic mass is 9.72. The maximum Gasteiger partial charge on any atom is 0.471 e. The number of phenolic OH excluding ortho intramolecular Hbond substituents is 2. The van der Waals surface area contributed by atoms with E-state index >= 15 is 0 Å². The number of fused-ring (bicyclic) bond motifs is 3. The molecule has 2 aliphatic carbocycles. The van der Waals surface area contributed by atoms with Gasteiger partial charge in [-0.1, -0.05) is 12.1 Å². The normalized spacial score (nSPS) is 25.6. The summed E-state index contributed by atoms with van der Waals surface area (Å²) in [7, 11) is -3.09. The number of halogens is 3. The molecule has 3 aliphatic rings. The van der Waals surface area contributed by atoms with E-state index in [1.54, 1.807) is 5.32 Å². The maximum absolute atomic E-state index is 14.0. The molecule has 6 rings (SSSR count). The summed E-state index contributed by atoms with van der Waals surface area (Å²) in [5.41, 5.74) is -6.40. The molecular formula is C36H31F3N2O14. The Morgan fingerprint density at radius 2 is 1.73 bits per heavy atom. The third-order valence-corrected chi connectivity index (χ3v) is 9.74. The molecule has 3 aromatic rings.